The highest BCUT2D eigenvalue weighted by Gasteiger charge is 2.04. The van der Waals surface area contributed by atoms with E-state index in [0.717, 1.165) is 0 Å². The summed E-state index contributed by atoms with van der Waals surface area (Å²) >= 11 is 0. The predicted octanol–water partition coefficient (Wildman–Crippen LogP) is 2.56. The maximum atomic E-state index is 10.7. The predicted molar refractivity (Wildman–Crippen MR) is 82.7 cm³/mol. The second-order valence-electron chi connectivity index (χ2n) is 4.35. The van der Waals surface area contributed by atoms with E-state index in [1.807, 2.05) is 0 Å². The van der Waals surface area contributed by atoms with Crippen LogP contribution >= 0.6 is 0 Å². The molecular weight excluding hydrogens is 272 g/mol. The van der Waals surface area contributed by atoms with Crippen molar-refractivity contribution in [2.45, 2.75) is 24.7 Å². The number of nitrogens with two attached hydrogens (primary N) is 2. The maximum absolute atomic E-state index is 10.7. The van der Waals surface area contributed by atoms with Crippen LogP contribution in [0.2, 0.25) is 0 Å². The van der Waals surface area contributed by atoms with Crippen molar-refractivity contribution in [3.05, 3.63) is 60.2 Å². The summed E-state index contributed by atoms with van der Waals surface area (Å²) in [5.41, 5.74) is 7.29. The minimum Gasteiger partial charge on any atom is -0.399 e. The molecule has 0 aliphatic rings. The van der Waals surface area contributed by atoms with Crippen LogP contribution in [-0.2, 0) is 16.4 Å². The standard InChI is InChI=1S/C9H12.C6H8N2O2S/c1-2-6-9-7-4-3-5-8-9;7-5-1-3-6(4-2-5)11(8,9)10/h3-5,7-8H,2,6H2,1H3;1-4H,7H2,(H2,8,9,10). The summed E-state index contributed by atoms with van der Waals surface area (Å²) in [6.45, 7) is 2.20. The Labute approximate surface area is 120 Å². The molecule has 0 atom stereocenters. The Morgan fingerprint density at radius 1 is 0.950 bits per heavy atom. The van der Waals surface area contributed by atoms with Crippen LogP contribution in [0.15, 0.2) is 59.5 Å². The quantitative estimate of drug-likeness (QED) is 0.852. The summed E-state index contributed by atoms with van der Waals surface area (Å²) in [7, 11) is -3.58. The molecule has 2 aromatic rings. The number of primary sulfonamides is 1. The van der Waals surface area contributed by atoms with Crippen molar-refractivity contribution in [3.63, 3.8) is 0 Å². The first-order valence-electron chi connectivity index (χ1n) is 6.35. The van der Waals surface area contributed by atoms with Crippen LogP contribution < -0.4 is 10.9 Å². The first-order chi connectivity index (χ1) is 9.43. The molecule has 0 fully saturated rings. The number of sulfonamides is 1. The molecule has 0 unspecified atom stereocenters. The Morgan fingerprint density at radius 2 is 1.50 bits per heavy atom. The van der Waals surface area contributed by atoms with Gasteiger partial charge in [-0.15, -0.1) is 0 Å². The van der Waals surface area contributed by atoms with Crippen LogP contribution in [0.3, 0.4) is 0 Å². The van der Waals surface area contributed by atoms with Crippen LogP contribution in [0.4, 0.5) is 5.69 Å². The highest BCUT2D eigenvalue weighted by molar-refractivity contribution is 7.89. The van der Waals surface area contributed by atoms with E-state index in [0.29, 0.717) is 5.69 Å². The summed E-state index contributed by atoms with van der Waals surface area (Å²) < 4.78 is 21.4. The summed E-state index contributed by atoms with van der Waals surface area (Å²) in [6, 6.07) is 16.3. The average molecular weight is 292 g/mol. The van der Waals surface area contributed by atoms with E-state index in [1.165, 1.54) is 42.7 Å². The fraction of sp³-hybridized carbons (Fsp3) is 0.200. The summed E-state index contributed by atoms with van der Waals surface area (Å²) in [5, 5.41) is 4.84. The molecule has 0 amide bonds. The lowest BCUT2D eigenvalue weighted by molar-refractivity contribution is 0.598. The topological polar surface area (TPSA) is 86.2 Å². The number of aryl methyl sites for hydroxylation is 1. The van der Waals surface area contributed by atoms with Crippen LogP contribution in [0.5, 0.6) is 0 Å². The van der Waals surface area contributed by atoms with E-state index in [2.05, 4.69) is 37.3 Å². The van der Waals surface area contributed by atoms with Gasteiger partial charge in [-0.05, 0) is 36.2 Å². The Hall–Kier alpha value is -1.85. The Morgan fingerprint density at radius 3 is 1.95 bits per heavy atom. The molecule has 20 heavy (non-hydrogen) atoms. The largest absolute Gasteiger partial charge is 0.399 e. The van der Waals surface area contributed by atoms with Gasteiger partial charge in [0.15, 0.2) is 0 Å². The van der Waals surface area contributed by atoms with E-state index in [4.69, 9.17) is 10.9 Å². The molecule has 5 heteroatoms. The molecule has 2 rings (SSSR count). The maximum Gasteiger partial charge on any atom is 0.238 e. The van der Waals surface area contributed by atoms with Crippen molar-refractivity contribution in [2.75, 3.05) is 5.73 Å². The number of anilines is 1. The van der Waals surface area contributed by atoms with Gasteiger partial charge in [-0.3, -0.25) is 0 Å². The van der Waals surface area contributed by atoms with Crippen LogP contribution in [0, 0.1) is 0 Å². The Kier molecular flexibility index (Phi) is 6.21. The van der Waals surface area contributed by atoms with Gasteiger partial charge in [-0.1, -0.05) is 43.7 Å². The fourth-order valence-corrected chi connectivity index (χ4v) is 2.11. The third-order valence-electron chi connectivity index (χ3n) is 2.59. The van der Waals surface area contributed by atoms with Crippen LogP contribution in [0.25, 0.3) is 0 Å². The van der Waals surface area contributed by atoms with Gasteiger partial charge in [0.2, 0.25) is 10.0 Å². The van der Waals surface area contributed by atoms with Gasteiger partial charge in [0.05, 0.1) is 4.90 Å². The fourth-order valence-electron chi connectivity index (χ4n) is 1.59. The minimum absolute atomic E-state index is 0.0756. The van der Waals surface area contributed by atoms with Gasteiger partial charge >= 0.3 is 0 Å². The van der Waals surface area contributed by atoms with Gasteiger partial charge in [-0.2, -0.15) is 0 Å². The van der Waals surface area contributed by atoms with Crippen LogP contribution in [-0.4, -0.2) is 8.42 Å². The zero-order valence-electron chi connectivity index (χ0n) is 11.5. The number of benzene rings is 2. The molecule has 0 saturated heterocycles. The number of rotatable bonds is 3. The molecule has 108 valence electrons. The lowest BCUT2D eigenvalue weighted by atomic mass is 10.1. The lowest BCUT2D eigenvalue weighted by Gasteiger charge is -1.96. The lowest BCUT2D eigenvalue weighted by Crippen LogP contribution is -2.11. The first-order valence-corrected chi connectivity index (χ1v) is 7.90. The SMILES string of the molecule is CCCc1ccccc1.Nc1ccc(S(N)(=O)=O)cc1. The normalized spacial score (nSPS) is 10.5. The highest BCUT2D eigenvalue weighted by Crippen LogP contribution is 2.08. The van der Waals surface area contributed by atoms with Crippen molar-refractivity contribution < 1.29 is 8.42 Å². The van der Waals surface area contributed by atoms with Gasteiger partial charge in [0, 0.05) is 5.69 Å². The molecule has 0 bridgehead atoms. The first kappa shape index (κ1) is 16.2. The molecule has 4 nitrogen and oxygen atoms in total. The zero-order chi connectivity index (χ0) is 15.0. The van der Waals surface area contributed by atoms with E-state index >= 15 is 0 Å². The van der Waals surface area contributed by atoms with E-state index in [1.54, 1.807) is 0 Å². The number of hydrogen-bond donors (Lipinski definition) is 2. The van der Waals surface area contributed by atoms with Gasteiger partial charge in [0.25, 0.3) is 0 Å². The van der Waals surface area contributed by atoms with Gasteiger partial charge in [-0.25, -0.2) is 13.6 Å². The van der Waals surface area contributed by atoms with Gasteiger partial charge in [0.1, 0.15) is 0 Å². The molecule has 2 aromatic carbocycles. The third kappa shape index (κ3) is 5.86. The molecule has 4 N–H and O–H groups in total. The summed E-state index contributed by atoms with van der Waals surface area (Å²) in [5.74, 6) is 0. The van der Waals surface area contributed by atoms with Crippen molar-refractivity contribution >= 4 is 15.7 Å². The Bertz CT molecular complexity index is 608. The zero-order valence-corrected chi connectivity index (χ0v) is 12.3. The second kappa shape index (κ2) is 7.67. The van der Waals surface area contributed by atoms with Crippen LogP contribution in [0.1, 0.15) is 18.9 Å². The van der Waals surface area contributed by atoms with Crippen molar-refractivity contribution in [3.8, 4) is 0 Å². The Balaban J connectivity index is 0.000000204. The molecule has 0 radical (unpaired) electrons. The molecule has 0 saturated carbocycles. The smallest absolute Gasteiger partial charge is 0.238 e. The minimum atomic E-state index is -3.58. The van der Waals surface area contributed by atoms with E-state index in [9.17, 15) is 8.42 Å². The average Bonchev–Trinajstić information content (AvgIpc) is 2.40. The van der Waals surface area contributed by atoms with Gasteiger partial charge < -0.3 is 5.73 Å². The molecule has 0 aliphatic carbocycles. The van der Waals surface area contributed by atoms with E-state index in [-0.39, 0.29) is 4.90 Å². The highest BCUT2D eigenvalue weighted by atomic mass is 32.2. The van der Waals surface area contributed by atoms with Crippen molar-refractivity contribution in [1.29, 1.82) is 0 Å². The third-order valence-corrected chi connectivity index (χ3v) is 3.52. The number of nitrogen functional groups attached to an aromatic ring is 1. The summed E-state index contributed by atoms with van der Waals surface area (Å²) in [4.78, 5) is 0.0756. The second-order valence-corrected chi connectivity index (χ2v) is 5.91. The molecule has 0 heterocycles. The van der Waals surface area contributed by atoms with Crippen molar-refractivity contribution in [2.24, 2.45) is 5.14 Å². The molecule has 0 aliphatic heterocycles. The number of hydrogen-bond acceptors (Lipinski definition) is 3. The van der Waals surface area contributed by atoms with Crippen molar-refractivity contribution in [1.82, 2.24) is 0 Å². The molecule has 0 aromatic heterocycles. The molecule has 0 spiro atoms. The molecular formula is C15H20N2O2S. The summed E-state index contributed by atoms with van der Waals surface area (Å²) in [6.07, 6.45) is 2.45. The monoisotopic (exact) mass is 292 g/mol. The van der Waals surface area contributed by atoms with E-state index < -0.39 is 10.0 Å².